The molecular weight excluding hydrogens is 482 g/mol. The van der Waals surface area contributed by atoms with E-state index in [4.69, 9.17) is 11.6 Å². The molecule has 2 aliphatic heterocycles. The van der Waals surface area contributed by atoms with Crippen LogP contribution in [0.4, 0.5) is 34.6 Å². The van der Waals surface area contributed by atoms with Crippen LogP contribution in [0.3, 0.4) is 0 Å². The number of carbonyl (C=O) groups is 1. The fourth-order valence-electron chi connectivity index (χ4n) is 4.99. The van der Waals surface area contributed by atoms with Gasteiger partial charge in [0.25, 0.3) is 0 Å². The van der Waals surface area contributed by atoms with Crippen molar-refractivity contribution in [2.24, 2.45) is 5.92 Å². The Bertz CT molecular complexity index is 1250. The van der Waals surface area contributed by atoms with Gasteiger partial charge in [0.05, 0.1) is 17.5 Å². The van der Waals surface area contributed by atoms with Crippen LogP contribution in [-0.2, 0) is 17.4 Å². The zero-order chi connectivity index (χ0) is 24.7. The van der Waals surface area contributed by atoms with Crippen molar-refractivity contribution < 1.29 is 22.4 Å². The Labute approximate surface area is 205 Å². The molecule has 5 rings (SSSR count). The Kier molecular flexibility index (Phi) is 6.09. The first-order chi connectivity index (χ1) is 16.7. The summed E-state index contributed by atoms with van der Waals surface area (Å²) in [5.74, 6) is -1.48. The first-order valence-electron chi connectivity index (χ1n) is 11.2. The van der Waals surface area contributed by atoms with E-state index in [1.807, 2.05) is 17.0 Å². The summed E-state index contributed by atoms with van der Waals surface area (Å²) < 4.78 is 53.9. The number of halogens is 5. The Balaban J connectivity index is 1.49. The van der Waals surface area contributed by atoms with E-state index in [2.05, 4.69) is 10.2 Å². The van der Waals surface area contributed by atoms with Crippen molar-refractivity contribution in [2.75, 3.05) is 34.8 Å². The SMILES string of the molecule is O=C(Nc1cccc(F)c1)C1Cc2cc(C(F)(F)F)ccc2N2CCN(c3ccc(Cl)cc3)CC12. The van der Waals surface area contributed by atoms with Gasteiger partial charge >= 0.3 is 6.18 Å². The highest BCUT2D eigenvalue weighted by Crippen LogP contribution is 2.40. The molecule has 0 saturated carbocycles. The van der Waals surface area contributed by atoms with E-state index in [9.17, 15) is 22.4 Å². The number of carbonyl (C=O) groups excluding carboxylic acids is 1. The maximum Gasteiger partial charge on any atom is 0.416 e. The molecule has 2 heterocycles. The molecule has 2 atom stereocenters. The molecule has 1 saturated heterocycles. The molecule has 3 aromatic rings. The van der Waals surface area contributed by atoms with E-state index in [0.29, 0.717) is 41.6 Å². The number of fused-ring (bicyclic) bond motifs is 3. The number of benzene rings is 3. The molecule has 0 aromatic heterocycles. The monoisotopic (exact) mass is 503 g/mol. The second-order valence-corrected chi connectivity index (χ2v) is 9.27. The van der Waals surface area contributed by atoms with Gasteiger partial charge in [0.15, 0.2) is 0 Å². The van der Waals surface area contributed by atoms with E-state index in [1.165, 1.54) is 24.3 Å². The molecule has 3 aromatic carbocycles. The lowest BCUT2D eigenvalue weighted by atomic mass is 9.82. The maximum atomic E-state index is 13.7. The van der Waals surface area contributed by atoms with Crippen LogP contribution in [-0.4, -0.2) is 31.6 Å². The predicted octanol–water partition coefficient (Wildman–Crippen LogP) is 6.00. The molecule has 0 spiro atoms. The van der Waals surface area contributed by atoms with Gasteiger partial charge in [-0.1, -0.05) is 17.7 Å². The standard InChI is InChI=1S/C26H22ClF4N3O/c27-18-5-7-21(8-6-18)33-10-11-34-23-9-4-17(26(29,30)31)12-16(23)13-22(24(34)15-33)25(35)32-20-3-1-2-19(28)14-20/h1-9,12,14,22,24H,10-11,13,15H2,(H,32,35). The number of alkyl halides is 3. The van der Waals surface area contributed by atoms with Crippen LogP contribution in [0.1, 0.15) is 11.1 Å². The van der Waals surface area contributed by atoms with Gasteiger partial charge in [0.1, 0.15) is 5.82 Å². The summed E-state index contributed by atoms with van der Waals surface area (Å²) in [5, 5.41) is 3.38. The normalized spacial score (nSPS) is 19.7. The largest absolute Gasteiger partial charge is 0.416 e. The average Bonchev–Trinajstić information content (AvgIpc) is 2.82. The molecule has 182 valence electrons. The molecular formula is C26H22ClF4N3O. The second-order valence-electron chi connectivity index (χ2n) is 8.83. The highest BCUT2D eigenvalue weighted by atomic mass is 35.5. The Morgan fingerprint density at radius 1 is 1.00 bits per heavy atom. The third kappa shape index (κ3) is 4.80. The van der Waals surface area contributed by atoms with Crippen molar-refractivity contribution >= 4 is 34.6 Å². The smallest absolute Gasteiger partial charge is 0.368 e. The number of anilines is 3. The van der Waals surface area contributed by atoms with Gasteiger partial charge in [0, 0.05) is 41.7 Å². The lowest BCUT2D eigenvalue weighted by Crippen LogP contribution is -2.60. The van der Waals surface area contributed by atoms with E-state index in [-0.39, 0.29) is 18.4 Å². The quantitative estimate of drug-likeness (QED) is 0.445. The molecule has 0 aliphatic carbocycles. The van der Waals surface area contributed by atoms with Crippen molar-refractivity contribution in [1.82, 2.24) is 0 Å². The molecule has 2 aliphatic rings. The van der Waals surface area contributed by atoms with E-state index in [1.54, 1.807) is 18.2 Å². The van der Waals surface area contributed by atoms with Gasteiger partial charge < -0.3 is 15.1 Å². The summed E-state index contributed by atoms with van der Waals surface area (Å²) in [6, 6.07) is 16.4. The molecule has 0 radical (unpaired) electrons. The van der Waals surface area contributed by atoms with Gasteiger partial charge in [0.2, 0.25) is 5.91 Å². The van der Waals surface area contributed by atoms with Gasteiger partial charge in [-0.2, -0.15) is 13.2 Å². The Hall–Kier alpha value is -3.26. The lowest BCUT2D eigenvalue weighted by molar-refractivity contribution is -0.137. The highest BCUT2D eigenvalue weighted by Gasteiger charge is 2.43. The summed E-state index contributed by atoms with van der Waals surface area (Å²) >= 11 is 6.03. The minimum Gasteiger partial charge on any atom is -0.368 e. The van der Waals surface area contributed by atoms with E-state index in [0.717, 1.165) is 17.8 Å². The summed E-state index contributed by atoms with van der Waals surface area (Å²) in [6.45, 7) is 1.68. The number of nitrogens with zero attached hydrogens (tertiary/aromatic N) is 2. The first-order valence-corrected chi connectivity index (χ1v) is 11.6. The van der Waals surface area contributed by atoms with Gasteiger partial charge in [-0.3, -0.25) is 4.79 Å². The zero-order valence-electron chi connectivity index (χ0n) is 18.5. The van der Waals surface area contributed by atoms with Crippen LogP contribution in [0, 0.1) is 11.7 Å². The number of hydrogen-bond donors (Lipinski definition) is 1. The fraction of sp³-hybridized carbons (Fsp3) is 0.269. The third-order valence-electron chi connectivity index (χ3n) is 6.66. The highest BCUT2D eigenvalue weighted by molar-refractivity contribution is 6.30. The Morgan fingerprint density at radius 3 is 2.49 bits per heavy atom. The zero-order valence-corrected chi connectivity index (χ0v) is 19.3. The maximum absolute atomic E-state index is 13.7. The Morgan fingerprint density at radius 2 is 1.77 bits per heavy atom. The van der Waals surface area contributed by atoms with Crippen molar-refractivity contribution in [3.63, 3.8) is 0 Å². The van der Waals surface area contributed by atoms with Crippen LogP contribution in [0.15, 0.2) is 66.7 Å². The summed E-state index contributed by atoms with van der Waals surface area (Å²) in [7, 11) is 0. The average molecular weight is 504 g/mol. The first kappa shape index (κ1) is 23.5. The second kappa shape index (κ2) is 9.07. The van der Waals surface area contributed by atoms with Gasteiger partial charge in [-0.05, 0) is 72.6 Å². The third-order valence-corrected chi connectivity index (χ3v) is 6.91. The van der Waals surface area contributed by atoms with Crippen LogP contribution in [0.2, 0.25) is 5.02 Å². The van der Waals surface area contributed by atoms with Crippen molar-refractivity contribution in [3.8, 4) is 0 Å². The molecule has 1 amide bonds. The minimum absolute atomic E-state index is 0.149. The summed E-state index contributed by atoms with van der Waals surface area (Å²) in [5.41, 5.74) is 1.72. The number of nitrogens with one attached hydrogen (secondary N) is 1. The molecule has 4 nitrogen and oxygen atoms in total. The van der Waals surface area contributed by atoms with Crippen molar-refractivity contribution in [2.45, 2.75) is 18.6 Å². The molecule has 0 bridgehead atoms. The van der Waals surface area contributed by atoms with Crippen LogP contribution in [0.5, 0.6) is 0 Å². The van der Waals surface area contributed by atoms with E-state index >= 15 is 0 Å². The number of amides is 1. The molecule has 1 fully saturated rings. The number of hydrogen-bond acceptors (Lipinski definition) is 3. The summed E-state index contributed by atoms with van der Waals surface area (Å²) in [4.78, 5) is 17.6. The van der Waals surface area contributed by atoms with Crippen molar-refractivity contribution in [3.05, 3.63) is 88.7 Å². The number of piperazine rings is 1. The van der Waals surface area contributed by atoms with Gasteiger partial charge in [-0.25, -0.2) is 4.39 Å². The molecule has 35 heavy (non-hydrogen) atoms. The van der Waals surface area contributed by atoms with E-state index < -0.39 is 23.5 Å². The summed E-state index contributed by atoms with van der Waals surface area (Å²) in [6.07, 6.45) is -4.32. The van der Waals surface area contributed by atoms with Crippen LogP contribution in [0.25, 0.3) is 0 Å². The van der Waals surface area contributed by atoms with Crippen LogP contribution < -0.4 is 15.1 Å². The molecule has 9 heteroatoms. The van der Waals surface area contributed by atoms with Crippen LogP contribution >= 0.6 is 11.6 Å². The topological polar surface area (TPSA) is 35.6 Å². The molecule has 2 unspecified atom stereocenters. The van der Waals surface area contributed by atoms with Crippen molar-refractivity contribution in [1.29, 1.82) is 0 Å². The fourth-order valence-corrected chi connectivity index (χ4v) is 5.11. The number of rotatable bonds is 3. The predicted molar refractivity (Wildman–Crippen MR) is 128 cm³/mol. The minimum atomic E-state index is -4.47. The lowest BCUT2D eigenvalue weighted by Gasteiger charge is -2.49. The molecule has 1 N–H and O–H groups in total. The van der Waals surface area contributed by atoms with Gasteiger partial charge in [-0.15, -0.1) is 0 Å².